The summed E-state index contributed by atoms with van der Waals surface area (Å²) in [4.78, 5) is 14.9. The lowest BCUT2D eigenvalue weighted by Gasteiger charge is -2.26. The molecule has 1 heterocycles. The molecule has 112 valence electrons. The maximum absolute atomic E-state index is 12.0. The molecular formula is C14H16N2O4S. The number of rotatable bonds is 6. The summed E-state index contributed by atoms with van der Waals surface area (Å²) >= 11 is 0. The van der Waals surface area contributed by atoms with Crippen molar-refractivity contribution in [1.29, 1.82) is 0 Å². The molecule has 1 aromatic carbocycles. The van der Waals surface area contributed by atoms with E-state index in [-0.39, 0.29) is 12.8 Å². The first kappa shape index (κ1) is 15.4. The first-order valence-electron chi connectivity index (χ1n) is 6.38. The van der Waals surface area contributed by atoms with Gasteiger partial charge in [0.1, 0.15) is 4.75 Å². The molecule has 0 fully saturated rings. The molecule has 0 aromatic heterocycles. The van der Waals surface area contributed by atoms with E-state index in [0.29, 0.717) is 12.1 Å². The maximum atomic E-state index is 12.0. The fraction of sp³-hybridized carbons (Fsp3) is 0.286. The second-order valence-corrected chi connectivity index (χ2v) is 6.70. The van der Waals surface area contributed by atoms with Gasteiger partial charge in [0, 0.05) is 24.8 Å². The smallest absolute Gasteiger partial charge is 0.303 e. The van der Waals surface area contributed by atoms with Crippen LogP contribution in [0.5, 0.6) is 0 Å². The van der Waals surface area contributed by atoms with Crippen molar-refractivity contribution in [1.82, 2.24) is 0 Å². The van der Waals surface area contributed by atoms with E-state index in [0.717, 1.165) is 5.56 Å². The second kappa shape index (κ2) is 5.79. The molecule has 7 heteroatoms. The van der Waals surface area contributed by atoms with Crippen LogP contribution >= 0.6 is 0 Å². The zero-order valence-electron chi connectivity index (χ0n) is 11.3. The second-order valence-electron chi connectivity index (χ2n) is 4.88. The van der Waals surface area contributed by atoms with Gasteiger partial charge in [0.2, 0.25) is 10.0 Å². The van der Waals surface area contributed by atoms with Gasteiger partial charge < -0.3 is 5.11 Å². The molecule has 0 spiro atoms. The van der Waals surface area contributed by atoms with Crippen LogP contribution in [-0.2, 0) is 21.2 Å². The average Bonchev–Trinajstić information content (AvgIpc) is 2.81. The number of sulfonamides is 1. The van der Waals surface area contributed by atoms with Crippen LogP contribution in [0.15, 0.2) is 47.6 Å². The van der Waals surface area contributed by atoms with Crippen molar-refractivity contribution >= 4 is 21.7 Å². The summed E-state index contributed by atoms with van der Waals surface area (Å²) < 4.78 is 22.5. The van der Waals surface area contributed by atoms with E-state index in [4.69, 9.17) is 10.2 Å². The molecule has 1 aromatic rings. The third-order valence-corrected chi connectivity index (χ3v) is 5.09. The number of nitrogens with zero attached hydrogens (tertiary/aromatic N) is 1. The van der Waals surface area contributed by atoms with Gasteiger partial charge in [-0.15, -0.1) is 0 Å². The van der Waals surface area contributed by atoms with Gasteiger partial charge in [-0.2, -0.15) is 0 Å². The number of carboxylic acid groups (broad SMARTS) is 1. The Kier molecular flexibility index (Phi) is 4.24. The van der Waals surface area contributed by atoms with Gasteiger partial charge in [0.15, 0.2) is 0 Å². The molecule has 0 saturated heterocycles. The van der Waals surface area contributed by atoms with Crippen molar-refractivity contribution in [2.45, 2.75) is 24.0 Å². The van der Waals surface area contributed by atoms with E-state index < -0.39 is 20.7 Å². The number of carbonyl (C=O) groups is 1. The number of carboxylic acids is 1. The topological polar surface area (TPSA) is 110 Å². The van der Waals surface area contributed by atoms with Crippen LogP contribution in [0.3, 0.4) is 0 Å². The highest BCUT2D eigenvalue weighted by Crippen LogP contribution is 2.31. The predicted molar refractivity (Wildman–Crippen MR) is 79.4 cm³/mol. The van der Waals surface area contributed by atoms with Gasteiger partial charge in [-0.1, -0.05) is 30.3 Å². The summed E-state index contributed by atoms with van der Waals surface area (Å²) in [6.07, 6.45) is 2.65. The number of primary sulfonamides is 1. The van der Waals surface area contributed by atoms with Gasteiger partial charge in [-0.05, 0) is 18.1 Å². The molecule has 0 amide bonds. The van der Waals surface area contributed by atoms with E-state index in [1.54, 1.807) is 0 Å². The summed E-state index contributed by atoms with van der Waals surface area (Å²) in [5, 5.41) is 14.2. The zero-order valence-corrected chi connectivity index (χ0v) is 12.1. The molecule has 1 aliphatic rings. The Labute approximate surface area is 123 Å². The lowest BCUT2D eigenvalue weighted by Crippen LogP contribution is -2.48. The summed E-state index contributed by atoms with van der Waals surface area (Å²) in [6, 6.07) is 9.25. The molecule has 6 nitrogen and oxygen atoms in total. The van der Waals surface area contributed by atoms with Gasteiger partial charge in [-0.25, -0.2) is 13.6 Å². The minimum absolute atomic E-state index is 0.122. The Morgan fingerprint density at radius 1 is 1.29 bits per heavy atom. The zero-order chi connectivity index (χ0) is 15.5. The predicted octanol–water partition coefficient (Wildman–Crippen LogP) is 1.09. The molecule has 1 aliphatic heterocycles. The van der Waals surface area contributed by atoms with Crippen LogP contribution in [0, 0.1) is 0 Å². The van der Waals surface area contributed by atoms with E-state index in [1.807, 2.05) is 30.3 Å². The molecule has 1 unspecified atom stereocenters. The average molecular weight is 308 g/mol. The molecule has 0 aliphatic carbocycles. The van der Waals surface area contributed by atoms with E-state index in [9.17, 15) is 13.2 Å². The fourth-order valence-corrected chi connectivity index (χ4v) is 3.45. The molecule has 3 N–H and O–H groups in total. The Bertz CT molecular complexity index is 695. The summed E-state index contributed by atoms with van der Waals surface area (Å²) in [5.74, 6) is -1.07. The third-order valence-electron chi connectivity index (χ3n) is 3.49. The molecule has 0 bridgehead atoms. The van der Waals surface area contributed by atoms with Crippen LogP contribution in [0.4, 0.5) is 0 Å². The van der Waals surface area contributed by atoms with Crippen LogP contribution in [0.2, 0.25) is 0 Å². The minimum atomic E-state index is -4.01. The number of aliphatic carboxylic acids is 1. The van der Waals surface area contributed by atoms with Crippen molar-refractivity contribution in [2.24, 2.45) is 10.1 Å². The molecular weight excluding hydrogens is 292 g/mol. The van der Waals surface area contributed by atoms with Crippen molar-refractivity contribution < 1.29 is 18.3 Å². The van der Waals surface area contributed by atoms with Gasteiger partial charge in [0.05, 0.1) is 0 Å². The Morgan fingerprint density at radius 3 is 2.52 bits per heavy atom. The number of nitrogens with two attached hydrogens (primary N) is 1. The minimum Gasteiger partial charge on any atom is -0.481 e. The van der Waals surface area contributed by atoms with Crippen LogP contribution in [0.25, 0.3) is 0 Å². The summed E-state index contributed by atoms with van der Waals surface area (Å²) in [7, 11) is -4.01. The van der Waals surface area contributed by atoms with E-state index in [2.05, 4.69) is 4.99 Å². The van der Waals surface area contributed by atoms with Gasteiger partial charge >= 0.3 is 5.97 Å². The van der Waals surface area contributed by atoms with Crippen molar-refractivity contribution in [3.8, 4) is 0 Å². The molecule has 21 heavy (non-hydrogen) atoms. The first-order chi connectivity index (χ1) is 9.85. The highest BCUT2D eigenvalue weighted by atomic mass is 32.2. The number of benzene rings is 1. The van der Waals surface area contributed by atoms with Crippen molar-refractivity contribution in [3.05, 3.63) is 48.2 Å². The standard InChI is InChI=1S/C14H16N2O4S/c15-21(19,20)14(7-6-13(17)18)8-9-16-12(14)10-11-4-2-1-3-5-11/h1-5,8-9H,6-7,10H2,(H,17,18)(H2,15,19,20). The summed E-state index contributed by atoms with van der Waals surface area (Å²) in [6.45, 7) is 0. The Morgan fingerprint density at radius 2 is 1.95 bits per heavy atom. The van der Waals surface area contributed by atoms with Gasteiger partial charge in [0.25, 0.3) is 0 Å². The Hall–Kier alpha value is -1.99. The van der Waals surface area contributed by atoms with Crippen LogP contribution in [-0.4, -0.2) is 30.0 Å². The number of hydrogen-bond acceptors (Lipinski definition) is 4. The molecule has 0 radical (unpaired) electrons. The Balaban J connectivity index is 2.33. The highest BCUT2D eigenvalue weighted by Gasteiger charge is 2.46. The van der Waals surface area contributed by atoms with Crippen molar-refractivity contribution in [3.63, 3.8) is 0 Å². The van der Waals surface area contributed by atoms with E-state index >= 15 is 0 Å². The monoisotopic (exact) mass is 308 g/mol. The first-order valence-corrected chi connectivity index (χ1v) is 7.93. The summed E-state index contributed by atoms with van der Waals surface area (Å²) in [5.41, 5.74) is 1.25. The molecule has 0 saturated carbocycles. The molecule has 2 rings (SSSR count). The van der Waals surface area contributed by atoms with Crippen LogP contribution in [0.1, 0.15) is 18.4 Å². The van der Waals surface area contributed by atoms with Gasteiger partial charge in [-0.3, -0.25) is 9.79 Å². The largest absolute Gasteiger partial charge is 0.481 e. The normalized spacial score (nSPS) is 21.3. The SMILES string of the molecule is NS(=O)(=O)C1(CCC(=O)O)C=CN=C1Cc1ccccc1. The van der Waals surface area contributed by atoms with Crippen LogP contribution < -0.4 is 5.14 Å². The fourth-order valence-electron chi connectivity index (χ4n) is 2.36. The lowest BCUT2D eigenvalue weighted by atomic mass is 9.93. The van der Waals surface area contributed by atoms with E-state index in [1.165, 1.54) is 12.3 Å². The lowest BCUT2D eigenvalue weighted by molar-refractivity contribution is -0.137. The number of hydrogen-bond donors (Lipinski definition) is 2. The quantitative estimate of drug-likeness (QED) is 0.819. The molecule has 1 atom stereocenters. The maximum Gasteiger partial charge on any atom is 0.303 e. The number of aliphatic imine (C=N–C) groups is 1. The van der Waals surface area contributed by atoms with Crippen molar-refractivity contribution in [2.75, 3.05) is 0 Å². The third kappa shape index (κ3) is 3.20. The highest BCUT2D eigenvalue weighted by molar-refractivity contribution is 7.91.